The predicted molar refractivity (Wildman–Crippen MR) is 91.9 cm³/mol. The van der Waals surface area contributed by atoms with Gasteiger partial charge in [-0.3, -0.25) is 4.79 Å². The summed E-state index contributed by atoms with van der Waals surface area (Å²) in [6, 6.07) is 8.73. The van der Waals surface area contributed by atoms with Gasteiger partial charge < -0.3 is 14.4 Å². The molecule has 132 valence electrons. The lowest BCUT2D eigenvalue weighted by Crippen LogP contribution is -2.50. The van der Waals surface area contributed by atoms with Crippen molar-refractivity contribution in [2.45, 2.75) is 39.2 Å². The number of carboxylic acid groups (broad SMARTS) is 1. The molecule has 0 radical (unpaired) electrons. The Bertz CT molecular complexity index is 769. The molecule has 2 aromatic rings. The lowest BCUT2D eigenvalue weighted by atomic mass is 9.92. The maximum atomic E-state index is 12.7. The fourth-order valence-electron chi connectivity index (χ4n) is 3.22. The van der Waals surface area contributed by atoms with E-state index in [4.69, 9.17) is 4.42 Å². The molecular weight excluding hydrogens is 320 g/mol. The molecule has 25 heavy (non-hydrogen) atoms. The summed E-state index contributed by atoms with van der Waals surface area (Å²) >= 11 is 0. The van der Waals surface area contributed by atoms with E-state index in [1.54, 1.807) is 6.92 Å². The summed E-state index contributed by atoms with van der Waals surface area (Å²) in [6.07, 6.45) is 1.37. The zero-order chi connectivity index (χ0) is 18.0. The molecule has 0 aliphatic carbocycles. The summed E-state index contributed by atoms with van der Waals surface area (Å²) in [5.41, 5.74) is 1.41. The molecule has 6 heteroatoms. The van der Waals surface area contributed by atoms with Crippen LogP contribution in [0.4, 0.5) is 0 Å². The van der Waals surface area contributed by atoms with Crippen LogP contribution in [0.15, 0.2) is 34.7 Å². The Kier molecular flexibility index (Phi) is 4.88. The molecule has 1 aromatic carbocycles. The summed E-state index contributed by atoms with van der Waals surface area (Å²) in [5, 5.41) is 9.42. The highest BCUT2D eigenvalue weighted by Gasteiger charge is 2.35. The zero-order valence-corrected chi connectivity index (χ0v) is 14.4. The monoisotopic (exact) mass is 342 g/mol. The number of amides is 1. The van der Waals surface area contributed by atoms with Crippen molar-refractivity contribution < 1.29 is 19.1 Å². The average Bonchev–Trinajstić information content (AvgIpc) is 2.96. The number of aliphatic carboxylic acids is 1. The number of piperidine rings is 1. The van der Waals surface area contributed by atoms with Gasteiger partial charge >= 0.3 is 5.97 Å². The number of carbonyl (C=O) groups is 2. The minimum Gasteiger partial charge on any atom is -0.480 e. The van der Waals surface area contributed by atoms with Gasteiger partial charge in [-0.05, 0) is 37.8 Å². The van der Waals surface area contributed by atoms with E-state index in [-0.39, 0.29) is 12.3 Å². The number of hydrogen-bond donors (Lipinski definition) is 1. The van der Waals surface area contributed by atoms with Crippen LogP contribution >= 0.6 is 0 Å². The average molecular weight is 342 g/mol. The molecule has 1 amide bonds. The van der Waals surface area contributed by atoms with Crippen LogP contribution in [0.25, 0.3) is 11.5 Å². The van der Waals surface area contributed by atoms with Crippen LogP contribution < -0.4 is 0 Å². The smallest absolute Gasteiger partial charge is 0.326 e. The number of carboxylic acids is 1. The Morgan fingerprint density at radius 3 is 2.72 bits per heavy atom. The fourth-order valence-corrected chi connectivity index (χ4v) is 3.22. The van der Waals surface area contributed by atoms with Gasteiger partial charge in [-0.25, -0.2) is 9.78 Å². The summed E-state index contributed by atoms with van der Waals surface area (Å²) in [6.45, 7) is 4.26. The molecule has 3 rings (SSSR count). The van der Waals surface area contributed by atoms with E-state index in [0.717, 1.165) is 12.0 Å². The number of rotatable bonds is 4. The van der Waals surface area contributed by atoms with E-state index < -0.39 is 12.0 Å². The highest BCUT2D eigenvalue weighted by molar-refractivity contribution is 5.85. The van der Waals surface area contributed by atoms with E-state index in [1.165, 1.54) is 4.90 Å². The molecule has 1 aliphatic heterocycles. The number of likely N-dealkylation sites (tertiary alicyclic amines) is 1. The highest BCUT2D eigenvalue weighted by Crippen LogP contribution is 2.25. The molecule has 2 atom stereocenters. The highest BCUT2D eigenvalue weighted by atomic mass is 16.4. The number of aromatic nitrogens is 1. The van der Waals surface area contributed by atoms with Crippen LogP contribution in [-0.4, -0.2) is 39.5 Å². The molecule has 1 aliphatic rings. The molecule has 1 aromatic heterocycles. The molecule has 2 unspecified atom stereocenters. The van der Waals surface area contributed by atoms with Gasteiger partial charge in [0.1, 0.15) is 11.8 Å². The Labute approximate surface area is 146 Å². The number of oxazole rings is 1. The summed E-state index contributed by atoms with van der Waals surface area (Å²) in [4.78, 5) is 30.1. The quantitative estimate of drug-likeness (QED) is 0.923. The standard InChI is InChI=1S/C19H22N2O4/c1-12-8-9-21(16(10-12)19(23)24)17(22)11-15-13(2)25-18(20-15)14-6-4-3-5-7-14/h3-7,12,16H,8-11H2,1-2H3,(H,23,24). The first kappa shape index (κ1) is 17.2. The number of aryl methyl sites for hydroxylation is 1. The van der Waals surface area contributed by atoms with Crippen molar-refractivity contribution in [3.05, 3.63) is 41.8 Å². The van der Waals surface area contributed by atoms with Crippen molar-refractivity contribution in [2.24, 2.45) is 5.92 Å². The number of nitrogens with zero attached hydrogens (tertiary/aromatic N) is 2. The van der Waals surface area contributed by atoms with E-state index >= 15 is 0 Å². The van der Waals surface area contributed by atoms with Crippen LogP contribution in [-0.2, 0) is 16.0 Å². The van der Waals surface area contributed by atoms with Crippen LogP contribution in [0.3, 0.4) is 0 Å². The van der Waals surface area contributed by atoms with Crippen molar-refractivity contribution in [1.29, 1.82) is 0 Å². The van der Waals surface area contributed by atoms with Crippen LogP contribution in [0.5, 0.6) is 0 Å². The first-order chi connectivity index (χ1) is 12.0. The first-order valence-electron chi connectivity index (χ1n) is 8.49. The minimum atomic E-state index is -0.943. The van der Waals surface area contributed by atoms with E-state index in [1.807, 2.05) is 37.3 Å². The van der Waals surface area contributed by atoms with Gasteiger partial charge in [0.05, 0.1) is 12.1 Å². The Balaban J connectivity index is 1.77. The Morgan fingerprint density at radius 1 is 1.32 bits per heavy atom. The maximum Gasteiger partial charge on any atom is 0.326 e. The number of hydrogen-bond acceptors (Lipinski definition) is 4. The summed E-state index contributed by atoms with van der Waals surface area (Å²) < 4.78 is 5.68. The molecule has 6 nitrogen and oxygen atoms in total. The molecule has 0 spiro atoms. The van der Waals surface area contributed by atoms with E-state index in [9.17, 15) is 14.7 Å². The fraction of sp³-hybridized carbons (Fsp3) is 0.421. The predicted octanol–water partition coefficient (Wildman–Crippen LogP) is 2.90. The largest absolute Gasteiger partial charge is 0.480 e. The lowest BCUT2D eigenvalue weighted by Gasteiger charge is -2.36. The second-order valence-corrected chi connectivity index (χ2v) is 6.64. The summed E-state index contributed by atoms with van der Waals surface area (Å²) in [5.74, 6) is 0.216. The molecule has 1 fully saturated rings. The Morgan fingerprint density at radius 2 is 2.04 bits per heavy atom. The maximum absolute atomic E-state index is 12.7. The van der Waals surface area contributed by atoms with Gasteiger partial charge in [-0.15, -0.1) is 0 Å². The molecule has 0 bridgehead atoms. The van der Waals surface area contributed by atoms with Gasteiger partial charge in [-0.1, -0.05) is 25.1 Å². The van der Waals surface area contributed by atoms with Crippen molar-refractivity contribution in [2.75, 3.05) is 6.54 Å². The molecule has 1 saturated heterocycles. The molecule has 2 heterocycles. The van der Waals surface area contributed by atoms with E-state index in [2.05, 4.69) is 4.98 Å². The third kappa shape index (κ3) is 3.73. The minimum absolute atomic E-state index is 0.0559. The number of carbonyl (C=O) groups excluding carboxylic acids is 1. The van der Waals surface area contributed by atoms with Crippen molar-refractivity contribution >= 4 is 11.9 Å². The van der Waals surface area contributed by atoms with Crippen molar-refractivity contribution in [1.82, 2.24) is 9.88 Å². The second kappa shape index (κ2) is 7.09. The molecule has 1 N–H and O–H groups in total. The van der Waals surface area contributed by atoms with E-state index in [0.29, 0.717) is 36.2 Å². The summed E-state index contributed by atoms with van der Waals surface area (Å²) in [7, 11) is 0. The molecule has 0 saturated carbocycles. The van der Waals surface area contributed by atoms with Crippen LogP contribution in [0.1, 0.15) is 31.2 Å². The second-order valence-electron chi connectivity index (χ2n) is 6.64. The first-order valence-corrected chi connectivity index (χ1v) is 8.49. The van der Waals surface area contributed by atoms with Gasteiger partial charge in [0, 0.05) is 12.1 Å². The topological polar surface area (TPSA) is 83.6 Å². The Hall–Kier alpha value is -2.63. The van der Waals surface area contributed by atoms with Crippen molar-refractivity contribution in [3.63, 3.8) is 0 Å². The van der Waals surface area contributed by atoms with Crippen LogP contribution in [0.2, 0.25) is 0 Å². The van der Waals surface area contributed by atoms with Gasteiger partial charge in [-0.2, -0.15) is 0 Å². The SMILES string of the molecule is Cc1oc(-c2ccccc2)nc1CC(=O)N1CCC(C)CC1C(=O)O. The number of benzene rings is 1. The zero-order valence-electron chi connectivity index (χ0n) is 14.4. The van der Waals surface area contributed by atoms with Gasteiger partial charge in [0.25, 0.3) is 0 Å². The third-order valence-electron chi connectivity index (χ3n) is 4.70. The normalized spacial score (nSPS) is 20.5. The van der Waals surface area contributed by atoms with Crippen LogP contribution in [0, 0.1) is 12.8 Å². The van der Waals surface area contributed by atoms with Gasteiger partial charge in [0.2, 0.25) is 11.8 Å². The lowest BCUT2D eigenvalue weighted by molar-refractivity contribution is -0.152. The van der Waals surface area contributed by atoms with Gasteiger partial charge in [0.15, 0.2) is 0 Å². The third-order valence-corrected chi connectivity index (χ3v) is 4.70. The van der Waals surface area contributed by atoms with Crippen molar-refractivity contribution in [3.8, 4) is 11.5 Å². The molecular formula is C19H22N2O4.